The third-order valence-corrected chi connectivity index (χ3v) is 3.85. The average Bonchev–Trinajstić information content (AvgIpc) is 2.64. The summed E-state index contributed by atoms with van der Waals surface area (Å²) in [6.45, 7) is 11.7. The summed E-state index contributed by atoms with van der Waals surface area (Å²) in [7, 11) is 0. The van der Waals surface area contributed by atoms with Gasteiger partial charge in [-0.3, -0.25) is 4.79 Å². The summed E-state index contributed by atoms with van der Waals surface area (Å²) in [5, 5.41) is 6.00. The summed E-state index contributed by atoms with van der Waals surface area (Å²) < 4.78 is 0. The van der Waals surface area contributed by atoms with Crippen molar-refractivity contribution in [1.82, 2.24) is 9.97 Å². The Bertz CT molecular complexity index is 754. The molecule has 2 aromatic rings. The normalized spacial score (nSPS) is 10.3. The lowest BCUT2D eigenvalue weighted by Gasteiger charge is -2.24. The largest absolute Gasteiger partial charge is 0.356 e. The minimum Gasteiger partial charge on any atom is -0.356 e. The third-order valence-electron chi connectivity index (χ3n) is 3.85. The number of carbonyl (C=O) groups excluding carboxylic acids is 1. The van der Waals surface area contributed by atoms with Crippen LogP contribution in [0.4, 0.5) is 23.1 Å². The Morgan fingerprint density at radius 3 is 2.46 bits per heavy atom. The highest BCUT2D eigenvalue weighted by Crippen LogP contribution is 2.25. The first-order valence-electron chi connectivity index (χ1n) is 8.97. The predicted octanol–water partition coefficient (Wildman–Crippen LogP) is 4.28. The van der Waals surface area contributed by atoms with E-state index >= 15 is 0 Å². The van der Waals surface area contributed by atoms with Crippen molar-refractivity contribution in [2.45, 2.75) is 33.6 Å². The van der Waals surface area contributed by atoms with Gasteiger partial charge in [0.25, 0.3) is 0 Å². The molecular weight excluding hydrogens is 326 g/mol. The number of carbonyl (C=O) groups is 1. The molecule has 0 aliphatic rings. The maximum absolute atomic E-state index is 11.6. The molecule has 0 saturated heterocycles. The van der Waals surface area contributed by atoms with Crippen LogP contribution in [0, 0.1) is 6.92 Å². The van der Waals surface area contributed by atoms with Crippen LogP contribution in [0.5, 0.6) is 0 Å². The second-order valence-electron chi connectivity index (χ2n) is 6.05. The van der Waals surface area contributed by atoms with Crippen LogP contribution in [-0.4, -0.2) is 29.0 Å². The van der Waals surface area contributed by atoms with Crippen LogP contribution in [0.15, 0.2) is 43.1 Å². The molecule has 0 radical (unpaired) electrons. The number of nitrogens with zero attached hydrogens (tertiary/aromatic N) is 3. The van der Waals surface area contributed by atoms with Crippen LogP contribution in [0.25, 0.3) is 0 Å². The molecule has 1 aromatic carbocycles. The Labute approximate surface area is 155 Å². The van der Waals surface area contributed by atoms with E-state index in [4.69, 9.17) is 4.98 Å². The quantitative estimate of drug-likeness (QED) is 0.659. The standard InChI is InChI=1S/C20H27N5O/c1-5-12-25(13-6-2)19-15(4)14-21-20(24-19)23-17-11-9-8-10-16(17)22-18(26)7-3/h7-11,14H,3,5-6,12-13H2,1-2,4H3,(H,22,26)(H,21,23,24). The van der Waals surface area contributed by atoms with Crippen molar-refractivity contribution in [3.63, 3.8) is 0 Å². The number of benzene rings is 1. The van der Waals surface area contributed by atoms with E-state index in [1.165, 1.54) is 6.08 Å². The van der Waals surface area contributed by atoms with Crippen molar-refractivity contribution in [2.75, 3.05) is 28.6 Å². The SMILES string of the molecule is C=CC(=O)Nc1ccccc1Nc1ncc(C)c(N(CCC)CCC)n1. The number of anilines is 4. The maximum Gasteiger partial charge on any atom is 0.247 e. The molecule has 6 heteroatoms. The number of aryl methyl sites for hydroxylation is 1. The molecule has 0 bridgehead atoms. The van der Waals surface area contributed by atoms with E-state index in [1.807, 2.05) is 37.4 Å². The Morgan fingerprint density at radius 2 is 1.85 bits per heavy atom. The van der Waals surface area contributed by atoms with E-state index in [-0.39, 0.29) is 5.91 Å². The van der Waals surface area contributed by atoms with Crippen LogP contribution in [-0.2, 0) is 4.79 Å². The van der Waals surface area contributed by atoms with Gasteiger partial charge in [0.15, 0.2) is 0 Å². The van der Waals surface area contributed by atoms with Gasteiger partial charge in [-0.1, -0.05) is 32.6 Å². The van der Waals surface area contributed by atoms with Crippen LogP contribution in [0.2, 0.25) is 0 Å². The summed E-state index contributed by atoms with van der Waals surface area (Å²) in [5.74, 6) is 1.18. The van der Waals surface area contributed by atoms with Crippen molar-refractivity contribution in [3.05, 3.63) is 48.7 Å². The minimum atomic E-state index is -0.262. The molecule has 26 heavy (non-hydrogen) atoms. The molecule has 6 nitrogen and oxygen atoms in total. The van der Waals surface area contributed by atoms with Crippen LogP contribution in [0.1, 0.15) is 32.3 Å². The van der Waals surface area contributed by atoms with Gasteiger partial charge < -0.3 is 15.5 Å². The van der Waals surface area contributed by atoms with Gasteiger partial charge in [-0.25, -0.2) is 4.98 Å². The molecule has 0 aliphatic carbocycles. The van der Waals surface area contributed by atoms with E-state index in [2.05, 4.69) is 40.9 Å². The van der Waals surface area contributed by atoms with Crippen LogP contribution < -0.4 is 15.5 Å². The molecule has 0 unspecified atom stereocenters. The first kappa shape index (κ1) is 19.4. The summed E-state index contributed by atoms with van der Waals surface area (Å²) in [4.78, 5) is 23.0. The lowest BCUT2D eigenvalue weighted by atomic mass is 10.2. The lowest BCUT2D eigenvalue weighted by molar-refractivity contribution is -0.111. The van der Waals surface area contributed by atoms with Gasteiger partial charge in [-0.05, 0) is 38.0 Å². The molecule has 2 N–H and O–H groups in total. The molecule has 1 heterocycles. The highest BCUT2D eigenvalue weighted by molar-refractivity contribution is 6.01. The number of hydrogen-bond donors (Lipinski definition) is 2. The Kier molecular flexibility index (Phi) is 7.14. The molecular formula is C20H27N5O. The van der Waals surface area contributed by atoms with E-state index in [0.29, 0.717) is 11.6 Å². The topological polar surface area (TPSA) is 70.2 Å². The van der Waals surface area contributed by atoms with E-state index in [1.54, 1.807) is 0 Å². The number of para-hydroxylation sites is 2. The lowest BCUT2D eigenvalue weighted by Crippen LogP contribution is -2.27. The third kappa shape index (κ3) is 5.05. The van der Waals surface area contributed by atoms with Crippen molar-refractivity contribution in [2.24, 2.45) is 0 Å². The second-order valence-corrected chi connectivity index (χ2v) is 6.05. The highest BCUT2D eigenvalue weighted by Gasteiger charge is 2.12. The first-order valence-corrected chi connectivity index (χ1v) is 8.97. The minimum absolute atomic E-state index is 0.262. The van der Waals surface area contributed by atoms with Gasteiger partial charge >= 0.3 is 0 Å². The van der Waals surface area contributed by atoms with Gasteiger partial charge in [-0.15, -0.1) is 0 Å². The van der Waals surface area contributed by atoms with Gasteiger partial charge in [0.2, 0.25) is 11.9 Å². The molecule has 0 saturated carbocycles. The second kappa shape index (κ2) is 9.56. The number of amides is 1. The predicted molar refractivity (Wildman–Crippen MR) is 108 cm³/mol. The molecule has 0 spiro atoms. The van der Waals surface area contributed by atoms with Crippen LogP contribution in [0.3, 0.4) is 0 Å². The van der Waals surface area contributed by atoms with Crippen LogP contribution >= 0.6 is 0 Å². The number of aromatic nitrogens is 2. The molecule has 2 rings (SSSR count). The van der Waals surface area contributed by atoms with Crippen molar-refractivity contribution < 1.29 is 4.79 Å². The summed E-state index contributed by atoms with van der Waals surface area (Å²) in [6, 6.07) is 7.44. The van der Waals surface area contributed by atoms with Crippen molar-refractivity contribution >= 4 is 29.0 Å². The van der Waals surface area contributed by atoms with Gasteiger partial charge in [0.1, 0.15) is 5.82 Å². The summed E-state index contributed by atoms with van der Waals surface area (Å²) >= 11 is 0. The molecule has 0 fully saturated rings. The molecule has 0 aliphatic heterocycles. The maximum atomic E-state index is 11.6. The van der Waals surface area contributed by atoms with Gasteiger partial charge in [0.05, 0.1) is 11.4 Å². The fraction of sp³-hybridized carbons (Fsp3) is 0.350. The Balaban J connectivity index is 2.29. The zero-order valence-corrected chi connectivity index (χ0v) is 15.7. The fourth-order valence-electron chi connectivity index (χ4n) is 2.68. The smallest absolute Gasteiger partial charge is 0.247 e. The van der Waals surface area contributed by atoms with E-state index < -0.39 is 0 Å². The first-order chi connectivity index (χ1) is 12.6. The summed E-state index contributed by atoms with van der Waals surface area (Å²) in [5.41, 5.74) is 2.43. The highest BCUT2D eigenvalue weighted by atomic mass is 16.1. The number of nitrogens with one attached hydrogen (secondary N) is 2. The van der Waals surface area contributed by atoms with Gasteiger partial charge in [-0.2, -0.15) is 4.98 Å². The monoisotopic (exact) mass is 353 g/mol. The molecule has 1 aromatic heterocycles. The van der Waals surface area contributed by atoms with E-state index in [0.717, 1.165) is 43.0 Å². The zero-order chi connectivity index (χ0) is 18.9. The number of rotatable bonds is 9. The van der Waals surface area contributed by atoms with E-state index in [9.17, 15) is 4.79 Å². The molecule has 138 valence electrons. The fourth-order valence-corrected chi connectivity index (χ4v) is 2.68. The van der Waals surface area contributed by atoms with Gasteiger partial charge in [0, 0.05) is 24.8 Å². The Morgan fingerprint density at radius 1 is 1.19 bits per heavy atom. The van der Waals surface area contributed by atoms with Crippen molar-refractivity contribution in [1.29, 1.82) is 0 Å². The van der Waals surface area contributed by atoms with Crippen molar-refractivity contribution in [3.8, 4) is 0 Å². The average molecular weight is 353 g/mol. The summed E-state index contributed by atoms with van der Waals surface area (Å²) in [6.07, 6.45) is 5.18. The number of hydrogen-bond acceptors (Lipinski definition) is 5. The molecule has 0 atom stereocenters. The molecule has 1 amide bonds. The Hall–Kier alpha value is -2.89. The zero-order valence-electron chi connectivity index (χ0n) is 15.7.